The number of guanidine groups is 1. The van der Waals surface area contributed by atoms with E-state index in [4.69, 9.17) is 15.9 Å². The van der Waals surface area contributed by atoms with Gasteiger partial charge >= 0.3 is 0 Å². The number of hydrogen-bond donors (Lipinski definition) is 3. The third-order valence-electron chi connectivity index (χ3n) is 3.52. The number of nitrogens with one attached hydrogen (secondary N) is 2. The summed E-state index contributed by atoms with van der Waals surface area (Å²) in [6, 6.07) is 17.4. The molecule has 7 nitrogen and oxygen atoms in total. The summed E-state index contributed by atoms with van der Waals surface area (Å²) < 4.78 is 6.99. The van der Waals surface area contributed by atoms with E-state index in [1.54, 1.807) is 18.0 Å². The van der Waals surface area contributed by atoms with Crippen molar-refractivity contribution in [2.24, 2.45) is 10.8 Å². The first kappa shape index (κ1) is 16.3. The van der Waals surface area contributed by atoms with Gasteiger partial charge in [-0.05, 0) is 36.4 Å². The van der Waals surface area contributed by atoms with Crippen LogP contribution in [0.2, 0.25) is 0 Å². The molecule has 0 unspecified atom stereocenters. The van der Waals surface area contributed by atoms with Crippen molar-refractivity contribution in [2.45, 2.75) is 0 Å². The monoisotopic (exact) mass is 334 g/mol. The van der Waals surface area contributed by atoms with Crippen LogP contribution in [0.5, 0.6) is 5.75 Å². The van der Waals surface area contributed by atoms with E-state index in [9.17, 15) is 0 Å². The van der Waals surface area contributed by atoms with Crippen molar-refractivity contribution in [1.29, 1.82) is 5.41 Å². The van der Waals surface area contributed by atoms with Crippen molar-refractivity contribution in [3.8, 4) is 22.7 Å². The zero-order valence-electron chi connectivity index (χ0n) is 13.7. The van der Waals surface area contributed by atoms with E-state index in [1.165, 1.54) is 0 Å². The Bertz CT molecular complexity index is 884. The summed E-state index contributed by atoms with van der Waals surface area (Å²) in [6.45, 7) is 0. The average Bonchev–Trinajstić information content (AvgIpc) is 3.06. The van der Waals surface area contributed by atoms with Gasteiger partial charge in [-0.1, -0.05) is 18.2 Å². The summed E-state index contributed by atoms with van der Waals surface area (Å²) in [7, 11) is 1.63. The lowest BCUT2D eigenvalue weighted by Crippen LogP contribution is -2.25. The predicted octanol–water partition coefficient (Wildman–Crippen LogP) is 2.36. The van der Waals surface area contributed by atoms with E-state index < -0.39 is 0 Å². The maximum absolute atomic E-state index is 7.18. The van der Waals surface area contributed by atoms with Crippen molar-refractivity contribution in [2.75, 3.05) is 7.11 Å². The van der Waals surface area contributed by atoms with Gasteiger partial charge in [-0.15, -0.1) is 0 Å². The summed E-state index contributed by atoms with van der Waals surface area (Å²) in [5.41, 5.74) is 11.1. The van der Waals surface area contributed by atoms with E-state index >= 15 is 0 Å². The second-order valence-corrected chi connectivity index (χ2v) is 5.23. The highest BCUT2D eigenvalue weighted by molar-refractivity contribution is 5.89. The molecule has 0 aliphatic heterocycles. The van der Waals surface area contributed by atoms with E-state index in [0.717, 1.165) is 28.3 Å². The first-order valence-electron chi connectivity index (χ1n) is 7.60. The van der Waals surface area contributed by atoms with Crippen LogP contribution in [0.25, 0.3) is 16.9 Å². The second kappa shape index (κ2) is 7.31. The van der Waals surface area contributed by atoms with Crippen LogP contribution in [0, 0.1) is 5.41 Å². The third-order valence-corrected chi connectivity index (χ3v) is 3.52. The molecule has 0 bridgehead atoms. The number of nitrogens with two attached hydrogens (primary N) is 1. The molecule has 1 aromatic heterocycles. The van der Waals surface area contributed by atoms with Gasteiger partial charge in [-0.3, -0.25) is 5.41 Å². The molecular weight excluding hydrogens is 316 g/mol. The van der Waals surface area contributed by atoms with Gasteiger partial charge in [0.05, 0.1) is 19.0 Å². The molecule has 3 rings (SSSR count). The lowest BCUT2D eigenvalue weighted by atomic mass is 10.1. The number of aromatic nitrogens is 2. The van der Waals surface area contributed by atoms with Gasteiger partial charge in [0.2, 0.25) is 5.96 Å². The Balaban J connectivity index is 2.02. The van der Waals surface area contributed by atoms with Crippen molar-refractivity contribution in [3.05, 3.63) is 66.4 Å². The highest BCUT2D eigenvalue weighted by Crippen LogP contribution is 2.24. The van der Waals surface area contributed by atoms with Gasteiger partial charge in [0.25, 0.3) is 0 Å². The molecule has 1 heterocycles. The molecule has 0 saturated heterocycles. The molecule has 25 heavy (non-hydrogen) atoms. The van der Waals surface area contributed by atoms with Crippen LogP contribution in [0.1, 0.15) is 5.56 Å². The molecule has 0 atom stereocenters. The van der Waals surface area contributed by atoms with Crippen LogP contribution in [0.4, 0.5) is 0 Å². The quantitative estimate of drug-likeness (QED) is 0.379. The third kappa shape index (κ3) is 3.84. The van der Waals surface area contributed by atoms with E-state index in [1.807, 2.05) is 60.8 Å². The molecule has 0 fully saturated rings. The first-order chi connectivity index (χ1) is 12.2. The number of methoxy groups -OCH3 is 1. The van der Waals surface area contributed by atoms with Crippen LogP contribution in [0.15, 0.2) is 65.9 Å². The number of nitrogens with zero attached hydrogens (tertiary/aromatic N) is 3. The van der Waals surface area contributed by atoms with Crippen molar-refractivity contribution in [3.63, 3.8) is 0 Å². The minimum absolute atomic E-state index is 0.224. The molecule has 0 radical (unpaired) electrons. The normalized spacial score (nSPS) is 10.8. The largest absolute Gasteiger partial charge is 0.497 e. The van der Waals surface area contributed by atoms with Crippen molar-refractivity contribution in [1.82, 2.24) is 15.2 Å². The molecule has 0 amide bonds. The maximum Gasteiger partial charge on any atom is 0.206 e. The van der Waals surface area contributed by atoms with Gasteiger partial charge in [-0.25, -0.2) is 10.1 Å². The van der Waals surface area contributed by atoms with Crippen LogP contribution in [-0.2, 0) is 0 Å². The molecule has 7 heteroatoms. The minimum atomic E-state index is -0.224. The Morgan fingerprint density at radius 2 is 1.92 bits per heavy atom. The highest BCUT2D eigenvalue weighted by Gasteiger charge is 2.11. The van der Waals surface area contributed by atoms with Crippen LogP contribution in [0.3, 0.4) is 0 Å². The maximum atomic E-state index is 7.18. The topological polar surface area (TPSA) is 101 Å². The van der Waals surface area contributed by atoms with Crippen LogP contribution < -0.4 is 15.9 Å². The van der Waals surface area contributed by atoms with Crippen LogP contribution >= 0.6 is 0 Å². The molecule has 0 spiro atoms. The van der Waals surface area contributed by atoms with Gasteiger partial charge < -0.3 is 10.5 Å². The lowest BCUT2D eigenvalue weighted by molar-refractivity contribution is 0.415. The Hall–Kier alpha value is -3.61. The van der Waals surface area contributed by atoms with E-state index in [2.05, 4.69) is 15.6 Å². The smallest absolute Gasteiger partial charge is 0.206 e. The number of hydrazone groups is 1. The average molecular weight is 334 g/mol. The molecule has 2 aromatic carbocycles. The van der Waals surface area contributed by atoms with E-state index in [-0.39, 0.29) is 5.96 Å². The summed E-state index contributed by atoms with van der Waals surface area (Å²) in [6.07, 6.45) is 3.47. The molecule has 0 saturated carbocycles. The molecule has 0 aliphatic carbocycles. The van der Waals surface area contributed by atoms with Crippen molar-refractivity contribution < 1.29 is 4.74 Å². The molecular formula is C18H18N6O. The lowest BCUT2D eigenvalue weighted by Gasteiger charge is -2.02. The molecule has 0 aliphatic rings. The van der Waals surface area contributed by atoms with Crippen molar-refractivity contribution >= 4 is 12.2 Å². The Morgan fingerprint density at radius 3 is 2.56 bits per heavy atom. The second-order valence-electron chi connectivity index (χ2n) is 5.23. The summed E-state index contributed by atoms with van der Waals surface area (Å²) in [5.74, 6) is 0.553. The first-order valence-corrected chi connectivity index (χ1v) is 7.60. The fraction of sp³-hybridized carbons (Fsp3) is 0.0556. The number of hydrogen-bond acceptors (Lipinski definition) is 4. The van der Waals surface area contributed by atoms with Gasteiger partial charge in [0, 0.05) is 17.3 Å². The molecule has 3 aromatic rings. The minimum Gasteiger partial charge on any atom is -0.497 e. The number of para-hydroxylation sites is 1. The Labute approximate surface area is 145 Å². The Kier molecular flexibility index (Phi) is 4.75. The Morgan fingerprint density at radius 1 is 1.20 bits per heavy atom. The fourth-order valence-electron chi connectivity index (χ4n) is 2.34. The zero-order valence-corrected chi connectivity index (χ0v) is 13.7. The van der Waals surface area contributed by atoms with Gasteiger partial charge in [0.1, 0.15) is 11.4 Å². The zero-order chi connectivity index (χ0) is 17.6. The number of rotatable bonds is 5. The van der Waals surface area contributed by atoms with Gasteiger partial charge in [0.15, 0.2) is 0 Å². The molecule has 126 valence electrons. The van der Waals surface area contributed by atoms with E-state index in [0.29, 0.717) is 0 Å². The summed E-state index contributed by atoms with van der Waals surface area (Å²) >= 11 is 0. The number of benzene rings is 2. The SMILES string of the molecule is COc1ccc(-c2nn(-c3ccccc3)cc2/C=N/NC(=N)N)cc1. The fourth-order valence-corrected chi connectivity index (χ4v) is 2.34. The van der Waals surface area contributed by atoms with Crippen LogP contribution in [-0.4, -0.2) is 29.1 Å². The molecule has 4 N–H and O–H groups in total. The highest BCUT2D eigenvalue weighted by atomic mass is 16.5. The summed E-state index contributed by atoms with van der Waals surface area (Å²) in [5, 5.41) is 15.8. The standard InChI is InChI=1S/C18H18N6O/c1-25-16-9-7-13(8-10-16)17-14(11-21-22-18(19)20)12-24(23-17)15-5-3-2-4-6-15/h2-12H,1H3,(H4,19,20,22)/b21-11+. The van der Waals surface area contributed by atoms with Gasteiger partial charge in [-0.2, -0.15) is 10.2 Å². The summed E-state index contributed by atoms with van der Waals surface area (Å²) in [4.78, 5) is 0. The number of ether oxygens (including phenoxy) is 1. The predicted molar refractivity (Wildman–Crippen MR) is 98.2 cm³/mol.